The molecule has 0 saturated heterocycles. The Morgan fingerprint density at radius 2 is 1.65 bits per heavy atom. The zero-order valence-electron chi connectivity index (χ0n) is 16.3. The molecule has 6 heteroatoms. The predicted octanol–water partition coefficient (Wildman–Crippen LogP) is 4.50. The predicted molar refractivity (Wildman–Crippen MR) is 104 cm³/mol. The van der Waals surface area contributed by atoms with E-state index in [0.717, 1.165) is 5.69 Å². The van der Waals surface area contributed by atoms with Gasteiger partial charge in [0, 0.05) is 18.2 Å². The van der Waals surface area contributed by atoms with Crippen molar-refractivity contribution in [2.75, 3.05) is 5.32 Å². The van der Waals surface area contributed by atoms with Gasteiger partial charge in [-0.3, -0.25) is 4.79 Å². The first-order chi connectivity index (χ1) is 12.1. The lowest BCUT2D eigenvalue weighted by Crippen LogP contribution is -2.19. The Morgan fingerprint density at radius 3 is 2.15 bits per heavy atom. The van der Waals surface area contributed by atoms with Gasteiger partial charge >= 0.3 is 0 Å². The lowest BCUT2D eigenvalue weighted by Gasteiger charge is -2.18. The lowest BCUT2D eigenvalue weighted by molar-refractivity contribution is -0.116. The lowest BCUT2D eigenvalue weighted by atomic mass is 10.1. The molecule has 0 spiro atoms. The molecular weight excluding hydrogens is 348 g/mol. The van der Waals surface area contributed by atoms with E-state index in [0.29, 0.717) is 17.8 Å². The van der Waals surface area contributed by atoms with Gasteiger partial charge in [0.25, 0.3) is 0 Å². The fourth-order valence-corrected chi connectivity index (χ4v) is 4.87. The van der Waals surface area contributed by atoms with E-state index >= 15 is 0 Å². The van der Waals surface area contributed by atoms with E-state index in [9.17, 15) is 13.2 Å². The Morgan fingerprint density at radius 1 is 1.08 bits per heavy atom. The molecule has 0 atom stereocenters. The van der Waals surface area contributed by atoms with Crippen molar-refractivity contribution in [1.82, 2.24) is 4.57 Å². The number of rotatable bonds is 6. The monoisotopic (exact) mass is 376 g/mol. The molecule has 0 aliphatic carbocycles. The zero-order valence-corrected chi connectivity index (χ0v) is 17.1. The van der Waals surface area contributed by atoms with Gasteiger partial charge in [0.2, 0.25) is 15.7 Å². The number of carbonyl (C=O) groups is 1. The third-order valence-corrected chi connectivity index (χ3v) is 6.32. The summed E-state index contributed by atoms with van der Waals surface area (Å²) in [5, 5.41) is 2.87. The van der Waals surface area contributed by atoms with E-state index in [1.165, 1.54) is 0 Å². The van der Waals surface area contributed by atoms with Gasteiger partial charge in [-0.2, -0.15) is 0 Å². The third-order valence-electron chi connectivity index (χ3n) is 4.39. The minimum absolute atomic E-state index is 0.0165. The van der Waals surface area contributed by atoms with Crippen molar-refractivity contribution in [1.29, 1.82) is 0 Å². The number of nitrogens with zero attached hydrogens (tertiary/aromatic N) is 1. The second-order valence-electron chi connectivity index (χ2n) is 7.31. The smallest absolute Gasteiger partial charge is 0.225 e. The van der Waals surface area contributed by atoms with Crippen LogP contribution in [0, 0.1) is 19.8 Å². The van der Waals surface area contributed by atoms with Crippen molar-refractivity contribution < 1.29 is 13.2 Å². The highest BCUT2D eigenvalue weighted by molar-refractivity contribution is 7.91. The van der Waals surface area contributed by atoms with Gasteiger partial charge in [-0.25, -0.2) is 8.42 Å². The number of carbonyl (C=O) groups excluding carboxylic acids is 1. The van der Waals surface area contributed by atoms with Gasteiger partial charge in [-0.15, -0.1) is 0 Å². The summed E-state index contributed by atoms with van der Waals surface area (Å²) < 4.78 is 28.5. The van der Waals surface area contributed by atoms with Crippen LogP contribution in [0.25, 0.3) is 0 Å². The SMILES string of the molecule is Cc1c(S(=O)(=O)c2ccccc2)c(NC(=O)CC(C)C)n(C(C)C)c1C. The molecule has 2 rings (SSSR count). The van der Waals surface area contributed by atoms with E-state index in [1.807, 2.05) is 39.2 Å². The van der Waals surface area contributed by atoms with Crippen LogP contribution in [0.3, 0.4) is 0 Å². The number of benzene rings is 1. The maximum absolute atomic E-state index is 13.3. The molecule has 5 nitrogen and oxygen atoms in total. The number of nitrogens with one attached hydrogen (secondary N) is 1. The fourth-order valence-electron chi connectivity index (χ4n) is 3.16. The van der Waals surface area contributed by atoms with Crippen LogP contribution in [0.5, 0.6) is 0 Å². The first-order valence-corrected chi connectivity index (χ1v) is 10.4. The Kier molecular flexibility index (Phi) is 5.96. The molecule has 0 unspecified atom stereocenters. The van der Waals surface area contributed by atoms with Crippen LogP contribution in [0.4, 0.5) is 5.82 Å². The van der Waals surface area contributed by atoms with Crippen molar-refractivity contribution in [2.45, 2.75) is 63.8 Å². The van der Waals surface area contributed by atoms with Crippen molar-refractivity contribution in [3.8, 4) is 0 Å². The van der Waals surface area contributed by atoms with Crippen molar-refractivity contribution in [3.63, 3.8) is 0 Å². The Labute approximate surface area is 156 Å². The summed E-state index contributed by atoms with van der Waals surface area (Å²) in [6.45, 7) is 11.5. The highest BCUT2D eigenvalue weighted by Gasteiger charge is 2.31. The molecule has 1 aromatic heterocycles. The molecule has 0 saturated carbocycles. The van der Waals surface area contributed by atoms with Crippen LogP contribution >= 0.6 is 0 Å². The summed E-state index contributed by atoms with van der Waals surface area (Å²) in [6.07, 6.45) is 0.339. The number of aromatic nitrogens is 1. The molecule has 2 aromatic rings. The van der Waals surface area contributed by atoms with Crippen LogP contribution in [-0.4, -0.2) is 18.9 Å². The first kappa shape index (κ1) is 20.2. The molecule has 26 heavy (non-hydrogen) atoms. The molecule has 0 radical (unpaired) electrons. The molecular formula is C20H28N2O3S. The van der Waals surface area contributed by atoms with Gasteiger partial charge in [0.1, 0.15) is 10.7 Å². The average Bonchev–Trinajstić information content (AvgIpc) is 2.78. The van der Waals surface area contributed by atoms with Gasteiger partial charge in [-0.1, -0.05) is 32.0 Å². The second kappa shape index (κ2) is 7.66. The summed E-state index contributed by atoms with van der Waals surface area (Å²) in [4.78, 5) is 12.8. The molecule has 0 fully saturated rings. The maximum atomic E-state index is 13.3. The first-order valence-electron chi connectivity index (χ1n) is 8.88. The minimum atomic E-state index is -3.75. The summed E-state index contributed by atoms with van der Waals surface area (Å²) in [6, 6.07) is 8.36. The number of hydrogen-bond donors (Lipinski definition) is 1. The Hall–Kier alpha value is -2.08. The van der Waals surface area contributed by atoms with Crippen molar-refractivity contribution in [2.24, 2.45) is 5.92 Å². The topological polar surface area (TPSA) is 68.2 Å². The maximum Gasteiger partial charge on any atom is 0.225 e. The van der Waals surface area contributed by atoms with Crippen LogP contribution in [-0.2, 0) is 14.6 Å². The summed E-state index contributed by atoms with van der Waals surface area (Å²) in [7, 11) is -3.75. The van der Waals surface area contributed by atoms with E-state index in [2.05, 4.69) is 5.32 Å². The van der Waals surface area contributed by atoms with Crippen LogP contribution in [0.15, 0.2) is 40.1 Å². The summed E-state index contributed by atoms with van der Waals surface area (Å²) in [5.41, 5.74) is 1.51. The minimum Gasteiger partial charge on any atom is -0.328 e. The van der Waals surface area contributed by atoms with Gasteiger partial charge in [0.15, 0.2) is 0 Å². The quantitative estimate of drug-likeness (QED) is 0.807. The molecule has 0 aliphatic rings. The fraction of sp³-hybridized carbons (Fsp3) is 0.450. The molecule has 1 aromatic carbocycles. The third kappa shape index (κ3) is 3.85. The van der Waals surface area contributed by atoms with E-state index in [-0.39, 0.29) is 27.7 Å². The van der Waals surface area contributed by atoms with Crippen LogP contribution in [0.2, 0.25) is 0 Å². The van der Waals surface area contributed by atoms with Crippen LogP contribution < -0.4 is 5.32 Å². The van der Waals surface area contributed by atoms with E-state index in [1.54, 1.807) is 37.3 Å². The normalized spacial score (nSPS) is 12.0. The van der Waals surface area contributed by atoms with Crippen molar-refractivity contribution >= 4 is 21.6 Å². The zero-order chi connectivity index (χ0) is 19.6. The largest absolute Gasteiger partial charge is 0.328 e. The highest BCUT2D eigenvalue weighted by Crippen LogP contribution is 2.37. The standard InChI is InChI=1S/C20H28N2O3S/c1-13(2)12-18(23)21-20-19(15(5)16(6)22(20)14(3)4)26(24,25)17-10-8-7-9-11-17/h7-11,13-14H,12H2,1-6H3,(H,21,23). The van der Waals surface area contributed by atoms with E-state index in [4.69, 9.17) is 0 Å². The average molecular weight is 377 g/mol. The molecule has 1 amide bonds. The summed E-state index contributed by atoms with van der Waals surface area (Å²) >= 11 is 0. The van der Waals surface area contributed by atoms with E-state index < -0.39 is 9.84 Å². The highest BCUT2D eigenvalue weighted by atomic mass is 32.2. The second-order valence-corrected chi connectivity index (χ2v) is 9.20. The number of amides is 1. The number of anilines is 1. The molecule has 1 heterocycles. The molecule has 0 bridgehead atoms. The molecule has 0 aliphatic heterocycles. The molecule has 1 N–H and O–H groups in total. The number of sulfone groups is 1. The van der Waals surface area contributed by atoms with Gasteiger partial charge in [0.05, 0.1) is 4.90 Å². The van der Waals surface area contributed by atoms with Crippen molar-refractivity contribution in [3.05, 3.63) is 41.6 Å². The van der Waals surface area contributed by atoms with Gasteiger partial charge < -0.3 is 9.88 Å². The Balaban J connectivity index is 2.69. The molecule has 142 valence electrons. The number of hydrogen-bond acceptors (Lipinski definition) is 3. The summed E-state index contributed by atoms with van der Waals surface area (Å²) in [5.74, 6) is 0.377. The van der Waals surface area contributed by atoms with Gasteiger partial charge in [-0.05, 0) is 51.3 Å². The van der Waals surface area contributed by atoms with Crippen LogP contribution in [0.1, 0.15) is 51.4 Å². The Bertz CT molecular complexity index is 895.